The largest absolute Gasteiger partial charge is 0.340 e. The fourth-order valence-corrected chi connectivity index (χ4v) is 6.48. The van der Waals surface area contributed by atoms with Gasteiger partial charge in [0.1, 0.15) is 5.69 Å². The third kappa shape index (κ3) is 5.46. The molecule has 2 amide bonds. The van der Waals surface area contributed by atoms with Crippen molar-refractivity contribution < 1.29 is 9.59 Å². The Morgan fingerprint density at radius 2 is 1.69 bits per heavy atom. The van der Waals surface area contributed by atoms with E-state index in [-0.39, 0.29) is 11.4 Å². The van der Waals surface area contributed by atoms with Crippen molar-refractivity contribution in [3.63, 3.8) is 0 Å². The van der Waals surface area contributed by atoms with Gasteiger partial charge in [-0.1, -0.05) is 54.6 Å². The Morgan fingerprint density at radius 3 is 2.33 bits per heavy atom. The summed E-state index contributed by atoms with van der Waals surface area (Å²) in [5.74, 6) is 1.06. The van der Waals surface area contributed by atoms with Crippen molar-refractivity contribution in [1.29, 1.82) is 0 Å². The topological polar surface area (TPSA) is 101 Å². The SMILES string of the molecule is NC1(c2ccc(-c3nnc(NC(=O)CC4CCC(N5CCCC5=O)CC4)cc3-c3ccccc3)cc2)CCC1. The van der Waals surface area contributed by atoms with Crippen LogP contribution in [0.3, 0.4) is 0 Å². The van der Waals surface area contributed by atoms with Gasteiger partial charge in [-0.05, 0) is 74.5 Å². The average Bonchev–Trinajstić information content (AvgIpc) is 3.38. The summed E-state index contributed by atoms with van der Waals surface area (Å²) in [5, 5.41) is 12.0. The molecule has 2 heterocycles. The molecule has 0 radical (unpaired) electrons. The van der Waals surface area contributed by atoms with Crippen LogP contribution in [0.1, 0.15) is 69.8 Å². The first kappa shape index (κ1) is 25.7. The number of hydrogen-bond donors (Lipinski definition) is 2. The van der Waals surface area contributed by atoms with E-state index in [1.165, 1.54) is 6.42 Å². The lowest BCUT2D eigenvalue weighted by Crippen LogP contribution is -2.43. The van der Waals surface area contributed by atoms with Gasteiger partial charge in [-0.15, -0.1) is 10.2 Å². The molecule has 0 unspecified atom stereocenters. The van der Waals surface area contributed by atoms with Crippen molar-refractivity contribution in [2.45, 2.75) is 75.8 Å². The molecule has 0 bridgehead atoms. The van der Waals surface area contributed by atoms with E-state index in [0.29, 0.717) is 36.5 Å². The number of anilines is 1. The molecule has 2 aliphatic carbocycles. The van der Waals surface area contributed by atoms with Gasteiger partial charge in [-0.25, -0.2) is 0 Å². The van der Waals surface area contributed by atoms with E-state index < -0.39 is 0 Å². The number of likely N-dealkylation sites (tertiary alicyclic amines) is 1. The average molecular weight is 524 g/mol. The van der Waals surface area contributed by atoms with Crippen molar-refractivity contribution in [3.05, 3.63) is 66.2 Å². The number of aromatic nitrogens is 2. The summed E-state index contributed by atoms with van der Waals surface area (Å²) >= 11 is 0. The fourth-order valence-electron chi connectivity index (χ4n) is 6.48. The Kier molecular flexibility index (Phi) is 7.17. The van der Waals surface area contributed by atoms with E-state index in [0.717, 1.165) is 79.4 Å². The van der Waals surface area contributed by atoms with Crippen molar-refractivity contribution in [1.82, 2.24) is 15.1 Å². The summed E-state index contributed by atoms with van der Waals surface area (Å²) in [4.78, 5) is 27.1. The monoisotopic (exact) mass is 523 g/mol. The van der Waals surface area contributed by atoms with Crippen LogP contribution < -0.4 is 11.1 Å². The molecule has 0 atom stereocenters. The fraction of sp³-hybridized carbons (Fsp3) is 0.438. The molecular weight excluding hydrogens is 486 g/mol. The molecule has 1 aliphatic heterocycles. The number of nitrogens with two attached hydrogens (primary N) is 1. The normalized spacial score (nSPS) is 22.4. The summed E-state index contributed by atoms with van der Waals surface area (Å²) < 4.78 is 0. The van der Waals surface area contributed by atoms with Crippen LogP contribution in [0.5, 0.6) is 0 Å². The lowest BCUT2D eigenvalue weighted by molar-refractivity contribution is -0.130. The van der Waals surface area contributed by atoms with Gasteiger partial charge in [-0.3, -0.25) is 9.59 Å². The Hall–Kier alpha value is -3.58. The van der Waals surface area contributed by atoms with Crippen LogP contribution >= 0.6 is 0 Å². The minimum atomic E-state index is -0.203. The first-order chi connectivity index (χ1) is 19.0. The maximum Gasteiger partial charge on any atom is 0.225 e. The minimum absolute atomic E-state index is 0.0325. The zero-order valence-corrected chi connectivity index (χ0v) is 22.4. The summed E-state index contributed by atoms with van der Waals surface area (Å²) in [6.07, 6.45) is 9.27. The minimum Gasteiger partial charge on any atom is -0.340 e. The van der Waals surface area contributed by atoms with Crippen LogP contribution in [0.25, 0.3) is 22.4 Å². The molecule has 3 aromatic rings. The van der Waals surface area contributed by atoms with Crippen molar-refractivity contribution in [2.75, 3.05) is 11.9 Å². The summed E-state index contributed by atoms with van der Waals surface area (Å²) in [5.41, 5.74) is 11.2. The van der Waals surface area contributed by atoms with Crippen LogP contribution in [0.2, 0.25) is 0 Å². The molecule has 1 saturated heterocycles. The van der Waals surface area contributed by atoms with Gasteiger partial charge in [0, 0.05) is 42.1 Å². The van der Waals surface area contributed by atoms with Gasteiger partial charge >= 0.3 is 0 Å². The molecule has 7 heteroatoms. The van der Waals surface area contributed by atoms with E-state index >= 15 is 0 Å². The Labute approximate surface area is 230 Å². The van der Waals surface area contributed by atoms with Crippen molar-refractivity contribution in [3.8, 4) is 22.4 Å². The highest BCUT2D eigenvalue weighted by Gasteiger charge is 2.34. The number of amides is 2. The van der Waals surface area contributed by atoms with E-state index in [2.05, 4.69) is 44.7 Å². The maximum atomic E-state index is 13.0. The van der Waals surface area contributed by atoms with Crippen LogP contribution in [-0.2, 0) is 15.1 Å². The van der Waals surface area contributed by atoms with Crippen LogP contribution in [0, 0.1) is 5.92 Å². The smallest absolute Gasteiger partial charge is 0.225 e. The molecule has 2 saturated carbocycles. The summed E-state index contributed by atoms with van der Waals surface area (Å²) in [6.45, 7) is 0.894. The number of carbonyl (C=O) groups excluding carboxylic acids is 2. The van der Waals surface area contributed by atoms with Gasteiger partial charge in [-0.2, -0.15) is 0 Å². The van der Waals surface area contributed by atoms with E-state index in [1.54, 1.807) is 0 Å². The zero-order valence-electron chi connectivity index (χ0n) is 22.4. The summed E-state index contributed by atoms with van der Waals surface area (Å²) in [7, 11) is 0. The molecule has 2 aromatic carbocycles. The Bertz CT molecular complexity index is 1330. The predicted molar refractivity (Wildman–Crippen MR) is 153 cm³/mol. The Morgan fingerprint density at radius 1 is 0.949 bits per heavy atom. The van der Waals surface area contributed by atoms with Gasteiger partial charge in [0.05, 0.1) is 0 Å². The number of nitrogens with zero attached hydrogens (tertiary/aromatic N) is 3. The highest BCUT2D eigenvalue weighted by atomic mass is 16.2. The second-order valence-corrected chi connectivity index (χ2v) is 11.6. The second kappa shape index (κ2) is 10.9. The molecule has 39 heavy (non-hydrogen) atoms. The Balaban J connectivity index is 1.15. The van der Waals surface area contributed by atoms with E-state index in [1.807, 2.05) is 36.4 Å². The molecule has 1 aromatic heterocycles. The van der Waals surface area contributed by atoms with E-state index in [9.17, 15) is 9.59 Å². The van der Waals surface area contributed by atoms with Gasteiger partial charge in [0.2, 0.25) is 11.8 Å². The number of rotatable bonds is 7. The van der Waals surface area contributed by atoms with E-state index in [4.69, 9.17) is 5.73 Å². The van der Waals surface area contributed by atoms with Crippen molar-refractivity contribution >= 4 is 17.6 Å². The molecule has 7 nitrogen and oxygen atoms in total. The lowest BCUT2D eigenvalue weighted by atomic mass is 9.72. The lowest BCUT2D eigenvalue weighted by Gasteiger charge is -2.38. The predicted octanol–water partition coefficient (Wildman–Crippen LogP) is 5.66. The van der Waals surface area contributed by atoms with Gasteiger partial charge in [0.25, 0.3) is 0 Å². The highest BCUT2D eigenvalue weighted by Crippen LogP contribution is 2.40. The van der Waals surface area contributed by atoms with Crippen LogP contribution in [0.4, 0.5) is 5.82 Å². The molecular formula is C32H37N5O2. The number of benzene rings is 2. The van der Waals surface area contributed by atoms with Gasteiger partial charge in [0.15, 0.2) is 5.82 Å². The van der Waals surface area contributed by atoms with Crippen LogP contribution in [0.15, 0.2) is 60.7 Å². The standard InChI is InChI=1S/C32H37N5O2/c33-32(17-5-18-32)25-13-11-24(12-14-25)31-27(23-6-2-1-3-7-23)21-28(35-36-31)34-29(38)20-22-9-15-26(16-10-22)37-19-4-8-30(37)39/h1-3,6-7,11-14,21-22,26H,4-5,8-10,15-20,33H2,(H,34,35,38). The number of carbonyl (C=O) groups is 2. The highest BCUT2D eigenvalue weighted by molar-refractivity contribution is 5.91. The second-order valence-electron chi connectivity index (χ2n) is 11.6. The molecule has 0 spiro atoms. The molecule has 3 N–H and O–H groups in total. The van der Waals surface area contributed by atoms with Crippen LogP contribution in [-0.4, -0.2) is 39.5 Å². The molecule has 3 fully saturated rings. The first-order valence-electron chi connectivity index (χ1n) is 14.4. The van der Waals surface area contributed by atoms with Crippen molar-refractivity contribution in [2.24, 2.45) is 11.7 Å². The first-order valence-corrected chi connectivity index (χ1v) is 14.4. The third-order valence-electron chi connectivity index (χ3n) is 8.97. The summed E-state index contributed by atoms with van der Waals surface area (Å²) in [6, 6.07) is 20.7. The van der Waals surface area contributed by atoms with Gasteiger partial charge < -0.3 is 16.0 Å². The molecule has 202 valence electrons. The number of nitrogens with one attached hydrogen (secondary N) is 1. The molecule has 3 aliphatic rings. The number of hydrogen-bond acceptors (Lipinski definition) is 5. The third-order valence-corrected chi connectivity index (χ3v) is 8.97. The quantitative estimate of drug-likeness (QED) is 0.416. The molecule has 6 rings (SSSR count). The maximum absolute atomic E-state index is 13.0. The zero-order chi connectivity index (χ0) is 26.8.